The summed E-state index contributed by atoms with van der Waals surface area (Å²) in [7, 11) is 0. The summed E-state index contributed by atoms with van der Waals surface area (Å²) in [5.41, 5.74) is 14.3. The van der Waals surface area contributed by atoms with Crippen LogP contribution in [0.3, 0.4) is 0 Å². The first-order valence-corrected chi connectivity index (χ1v) is 22.8. The van der Waals surface area contributed by atoms with Gasteiger partial charge in [0.25, 0.3) is 0 Å². The van der Waals surface area contributed by atoms with Crippen molar-refractivity contribution in [3.05, 3.63) is 237 Å². The van der Waals surface area contributed by atoms with E-state index >= 15 is 0 Å². The van der Waals surface area contributed by atoms with Gasteiger partial charge in [0.15, 0.2) is 0 Å². The van der Waals surface area contributed by atoms with Crippen molar-refractivity contribution in [2.45, 2.75) is 0 Å². The van der Waals surface area contributed by atoms with E-state index in [9.17, 15) is 0 Å². The number of para-hydroxylation sites is 7. The summed E-state index contributed by atoms with van der Waals surface area (Å²) in [5, 5.41) is 9.89. The van der Waals surface area contributed by atoms with E-state index in [1.54, 1.807) is 0 Å². The van der Waals surface area contributed by atoms with Crippen molar-refractivity contribution in [1.82, 2.24) is 23.7 Å². The molecule has 0 aliphatic heterocycles. The van der Waals surface area contributed by atoms with Crippen LogP contribution < -0.4 is 0 Å². The second-order valence-corrected chi connectivity index (χ2v) is 17.3. The summed E-state index contributed by atoms with van der Waals surface area (Å²) in [5.74, 6) is 1.84. The molecule has 0 spiro atoms. The number of fused-ring (bicyclic) bond motifs is 12. The summed E-state index contributed by atoms with van der Waals surface area (Å²) in [6.45, 7) is 0. The van der Waals surface area contributed by atoms with E-state index in [2.05, 4.69) is 250 Å². The smallest absolute Gasteiger partial charge is 0.145 e. The van der Waals surface area contributed by atoms with E-state index in [-0.39, 0.29) is 0 Å². The molecular weight excluding hydrogens is 815 g/mol. The second kappa shape index (κ2) is 14.7. The molecule has 0 N–H and O–H groups in total. The molecule has 0 radical (unpaired) electrons. The first-order chi connectivity index (χ1) is 33.3. The molecule has 0 fully saturated rings. The maximum Gasteiger partial charge on any atom is 0.145 e. The summed E-state index contributed by atoms with van der Waals surface area (Å²) in [6, 6.07) is 85.0. The van der Waals surface area contributed by atoms with Gasteiger partial charge in [-0.3, -0.25) is 9.13 Å². The van der Waals surface area contributed by atoms with Gasteiger partial charge in [0.1, 0.15) is 11.6 Å². The Labute approximate surface area is 385 Å². The van der Waals surface area contributed by atoms with E-state index in [0.29, 0.717) is 0 Å². The molecule has 11 aromatic carbocycles. The Bertz CT molecular complexity index is 4240. The predicted molar refractivity (Wildman–Crippen MR) is 279 cm³/mol. The van der Waals surface area contributed by atoms with Crippen molar-refractivity contribution < 1.29 is 0 Å². The fourth-order valence-electron chi connectivity index (χ4n) is 10.7. The molecule has 3 heterocycles. The summed E-state index contributed by atoms with van der Waals surface area (Å²) >= 11 is 0. The van der Waals surface area contributed by atoms with Crippen LogP contribution in [0.1, 0.15) is 0 Å². The number of hydrogen-bond donors (Lipinski definition) is 0. The Kier molecular flexibility index (Phi) is 8.21. The number of benzene rings is 11. The predicted octanol–water partition coefficient (Wildman–Crippen LogP) is 15.9. The van der Waals surface area contributed by atoms with Crippen molar-refractivity contribution in [3.8, 4) is 51.0 Å². The third kappa shape index (κ3) is 5.68. The normalized spacial score (nSPS) is 11.9. The quantitative estimate of drug-likeness (QED) is 0.156. The number of aromatic nitrogens is 5. The highest BCUT2D eigenvalue weighted by Gasteiger charge is 2.23. The van der Waals surface area contributed by atoms with Gasteiger partial charge in [0.05, 0.1) is 33.1 Å². The second-order valence-electron chi connectivity index (χ2n) is 17.3. The molecule has 14 aromatic rings. The molecule has 0 aliphatic carbocycles. The highest BCUT2D eigenvalue weighted by molar-refractivity contribution is 6.38. The van der Waals surface area contributed by atoms with Crippen LogP contribution in [0.4, 0.5) is 0 Å². The lowest BCUT2D eigenvalue weighted by Gasteiger charge is -2.17. The van der Waals surface area contributed by atoms with Crippen LogP contribution in [-0.4, -0.2) is 23.7 Å². The topological polar surface area (TPSA) is 40.6 Å². The van der Waals surface area contributed by atoms with Crippen LogP contribution in [0.15, 0.2) is 237 Å². The lowest BCUT2D eigenvalue weighted by molar-refractivity contribution is 1.10. The molecule has 14 rings (SSSR count). The SMILES string of the molecule is c1ccc(-n2c(-c3ccc(-c4cc5c6ccccc6c6c(c7ccccc7n6-c6ccc(-c7nc8ccccc8n7-c7ccccc7)cc6)c5c5ccccc45)cc3)nc3ccccc32)cc1. The average Bonchev–Trinajstić information content (AvgIpc) is 4.10. The average molecular weight is 854 g/mol. The van der Waals surface area contributed by atoms with Crippen LogP contribution in [0, 0.1) is 0 Å². The lowest BCUT2D eigenvalue weighted by Crippen LogP contribution is -1.98. The minimum absolute atomic E-state index is 0.918. The van der Waals surface area contributed by atoms with Gasteiger partial charge in [-0.1, -0.05) is 152 Å². The minimum atomic E-state index is 0.918. The summed E-state index contributed by atoms with van der Waals surface area (Å²) in [6.07, 6.45) is 0. The molecule has 5 heteroatoms. The van der Waals surface area contributed by atoms with Crippen LogP contribution >= 0.6 is 0 Å². The molecule has 0 saturated carbocycles. The van der Waals surface area contributed by atoms with Crippen molar-refractivity contribution >= 4 is 76.2 Å². The standard InChI is InChI=1S/C62H39N5/c1-3-17-43(18-4-1)66-56-29-15-12-26-53(56)63-61(66)41-33-31-40(32-34-41)51-39-52-47-22-8-10-24-49(47)60-59(58(52)48-23-9-7-21-46(48)51)50-25-11-14-28-55(50)65(60)45-37-35-42(36-38-45)62-64-54-27-13-16-30-57(54)67(62)44-19-5-2-6-20-44/h1-39H. The number of imidazole rings is 2. The Balaban J connectivity index is 0.964. The van der Waals surface area contributed by atoms with E-state index in [1.165, 1.54) is 59.7 Å². The van der Waals surface area contributed by atoms with Crippen LogP contribution in [0.5, 0.6) is 0 Å². The third-order valence-corrected chi connectivity index (χ3v) is 13.6. The van der Waals surface area contributed by atoms with Crippen LogP contribution in [0.25, 0.3) is 127 Å². The molecule has 0 atom stereocenters. The zero-order valence-corrected chi connectivity index (χ0v) is 36.3. The first kappa shape index (κ1) is 37.3. The van der Waals surface area contributed by atoms with Crippen molar-refractivity contribution in [3.63, 3.8) is 0 Å². The first-order valence-electron chi connectivity index (χ1n) is 22.8. The molecule has 0 unspecified atom stereocenters. The highest BCUT2D eigenvalue weighted by Crippen LogP contribution is 2.47. The third-order valence-electron chi connectivity index (χ3n) is 13.6. The number of nitrogens with zero attached hydrogens (tertiary/aromatic N) is 5. The molecule has 67 heavy (non-hydrogen) atoms. The van der Waals surface area contributed by atoms with Crippen molar-refractivity contribution in [2.24, 2.45) is 0 Å². The van der Waals surface area contributed by atoms with Gasteiger partial charge in [-0.2, -0.15) is 0 Å². The zero-order valence-electron chi connectivity index (χ0n) is 36.3. The van der Waals surface area contributed by atoms with E-state index in [0.717, 1.165) is 67.5 Å². The van der Waals surface area contributed by atoms with Gasteiger partial charge in [-0.25, -0.2) is 9.97 Å². The molecule has 3 aromatic heterocycles. The fraction of sp³-hybridized carbons (Fsp3) is 0. The van der Waals surface area contributed by atoms with Crippen molar-refractivity contribution in [2.75, 3.05) is 0 Å². The monoisotopic (exact) mass is 853 g/mol. The molecule has 0 aliphatic rings. The van der Waals surface area contributed by atoms with E-state index < -0.39 is 0 Å². The minimum Gasteiger partial charge on any atom is -0.309 e. The van der Waals surface area contributed by atoms with Gasteiger partial charge in [0.2, 0.25) is 0 Å². The Morgan fingerprint density at radius 3 is 1.30 bits per heavy atom. The van der Waals surface area contributed by atoms with Gasteiger partial charge in [0, 0.05) is 49.7 Å². The number of hydrogen-bond acceptors (Lipinski definition) is 2. The zero-order chi connectivity index (χ0) is 44.0. The van der Waals surface area contributed by atoms with Crippen LogP contribution in [0.2, 0.25) is 0 Å². The van der Waals surface area contributed by atoms with Gasteiger partial charge in [-0.05, 0) is 118 Å². The largest absolute Gasteiger partial charge is 0.309 e. The molecule has 312 valence electrons. The Hall–Kier alpha value is -9.06. The molecule has 0 bridgehead atoms. The summed E-state index contributed by atoms with van der Waals surface area (Å²) in [4.78, 5) is 10.3. The van der Waals surface area contributed by atoms with Gasteiger partial charge < -0.3 is 4.57 Å². The number of rotatable bonds is 6. The molecule has 5 nitrogen and oxygen atoms in total. The van der Waals surface area contributed by atoms with Gasteiger partial charge in [-0.15, -0.1) is 0 Å². The maximum absolute atomic E-state index is 5.18. The Morgan fingerprint density at radius 2 is 0.701 bits per heavy atom. The fourth-order valence-corrected chi connectivity index (χ4v) is 10.7. The van der Waals surface area contributed by atoms with Crippen molar-refractivity contribution in [1.29, 1.82) is 0 Å². The lowest BCUT2D eigenvalue weighted by atomic mass is 9.88. The van der Waals surface area contributed by atoms with Gasteiger partial charge >= 0.3 is 0 Å². The maximum atomic E-state index is 5.18. The molecule has 0 amide bonds. The highest BCUT2D eigenvalue weighted by atomic mass is 15.1. The molecule has 0 saturated heterocycles. The van der Waals surface area contributed by atoms with Crippen LogP contribution in [-0.2, 0) is 0 Å². The van der Waals surface area contributed by atoms with E-state index in [1.807, 2.05) is 0 Å². The molecular formula is C62H39N5. The Morgan fingerprint density at radius 1 is 0.269 bits per heavy atom. The van der Waals surface area contributed by atoms with E-state index in [4.69, 9.17) is 9.97 Å². The summed E-state index contributed by atoms with van der Waals surface area (Å²) < 4.78 is 7.00.